The van der Waals surface area contributed by atoms with Crippen LogP contribution in [0.4, 0.5) is 0 Å². The van der Waals surface area contributed by atoms with Crippen LogP contribution >= 0.6 is 0 Å². The van der Waals surface area contributed by atoms with Gasteiger partial charge in [-0.15, -0.1) is 0 Å². The van der Waals surface area contributed by atoms with Crippen LogP contribution in [0.5, 0.6) is 11.5 Å². The van der Waals surface area contributed by atoms with Crippen molar-refractivity contribution in [2.45, 2.75) is 12.8 Å². The summed E-state index contributed by atoms with van der Waals surface area (Å²) in [5.74, 6) is 7.05. The fourth-order valence-electron chi connectivity index (χ4n) is 3.77. The normalized spacial score (nSPS) is 11.7. The molecule has 4 rings (SSSR count). The largest absolute Gasteiger partial charge is 0.497 e. The number of rotatable bonds is 5. The molecule has 0 atom stereocenters. The third-order valence-electron chi connectivity index (χ3n) is 5.32. The number of hydrogen-bond donors (Lipinski definition) is 1. The van der Waals surface area contributed by atoms with Gasteiger partial charge in [-0.3, -0.25) is 0 Å². The summed E-state index contributed by atoms with van der Waals surface area (Å²) < 4.78 is 10.8. The van der Waals surface area contributed by atoms with Crippen LogP contribution in [0.1, 0.15) is 38.2 Å². The van der Waals surface area contributed by atoms with Gasteiger partial charge in [0.15, 0.2) is 0 Å². The number of carboxylic acid groups (broad SMARTS) is 1. The zero-order valence-electron chi connectivity index (χ0n) is 17.4. The average Bonchev–Trinajstić information content (AvgIpc) is 3.21. The molecule has 1 N–H and O–H groups in total. The summed E-state index contributed by atoms with van der Waals surface area (Å²) in [4.78, 5) is 11.0. The van der Waals surface area contributed by atoms with E-state index in [0.717, 1.165) is 41.0 Å². The molecule has 0 spiro atoms. The number of methoxy groups -OCH3 is 2. The van der Waals surface area contributed by atoms with Crippen molar-refractivity contribution in [2.75, 3.05) is 14.2 Å². The topological polar surface area (TPSA) is 55.8 Å². The predicted molar refractivity (Wildman–Crippen MR) is 121 cm³/mol. The molecular formula is C27H22O4. The first-order chi connectivity index (χ1) is 15.1. The molecule has 1 aliphatic carbocycles. The van der Waals surface area contributed by atoms with Gasteiger partial charge >= 0.3 is 5.97 Å². The van der Waals surface area contributed by atoms with Crippen molar-refractivity contribution in [3.63, 3.8) is 0 Å². The second-order valence-corrected chi connectivity index (χ2v) is 7.30. The Morgan fingerprint density at radius 2 is 1.68 bits per heavy atom. The molecule has 0 saturated heterocycles. The minimum Gasteiger partial charge on any atom is -0.497 e. The maximum atomic E-state index is 11.0. The number of benzene rings is 3. The first kappa shape index (κ1) is 20.3. The van der Waals surface area contributed by atoms with Crippen molar-refractivity contribution in [3.8, 4) is 23.3 Å². The smallest absolute Gasteiger partial charge is 0.335 e. The molecule has 3 aromatic carbocycles. The maximum Gasteiger partial charge on any atom is 0.335 e. The van der Waals surface area contributed by atoms with Crippen molar-refractivity contribution in [1.29, 1.82) is 0 Å². The van der Waals surface area contributed by atoms with Gasteiger partial charge in [0.05, 0.1) is 19.8 Å². The second kappa shape index (κ2) is 8.81. The lowest BCUT2D eigenvalue weighted by Gasteiger charge is -2.11. The molecule has 4 nitrogen and oxygen atoms in total. The Kier molecular flexibility index (Phi) is 5.77. The molecule has 0 aromatic heterocycles. The number of hydrogen-bond acceptors (Lipinski definition) is 3. The highest BCUT2D eigenvalue weighted by Gasteiger charge is 2.18. The van der Waals surface area contributed by atoms with Gasteiger partial charge < -0.3 is 14.6 Å². The minimum absolute atomic E-state index is 0.255. The Morgan fingerprint density at radius 3 is 2.32 bits per heavy atom. The standard InChI is InChI=1S/C27H22O4/c1-30-24-15-19(16-25(17-24)31-2)14-23-13-12-21-5-3-4-20(26(21)23)9-6-18-7-10-22(11-8-18)27(28)29/h3-5,7-8,10-11,13,15-17H,12,14H2,1-2H3,(H,28,29). The molecule has 0 heterocycles. The van der Waals surface area contributed by atoms with E-state index in [9.17, 15) is 4.79 Å². The van der Waals surface area contributed by atoms with Crippen LogP contribution in [0.15, 0.2) is 66.7 Å². The lowest BCUT2D eigenvalue weighted by Crippen LogP contribution is -1.96. The van der Waals surface area contributed by atoms with Crippen LogP contribution in [0.25, 0.3) is 5.57 Å². The molecule has 0 amide bonds. The maximum absolute atomic E-state index is 11.0. The quantitative estimate of drug-likeness (QED) is 0.603. The van der Waals surface area contributed by atoms with Crippen LogP contribution in [0.3, 0.4) is 0 Å². The highest BCUT2D eigenvalue weighted by Crippen LogP contribution is 2.34. The SMILES string of the molecule is COc1cc(CC2=CCc3cccc(C#Cc4ccc(C(=O)O)cc4)c32)cc(OC)c1. The second-order valence-electron chi connectivity index (χ2n) is 7.30. The summed E-state index contributed by atoms with van der Waals surface area (Å²) >= 11 is 0. The highest BCUT2D eigenvalue weighted by molar-refractivity contribution is 5.87. The molecule has 1 aliphatic rings. The molecule has 31 heavy (non-hydrogen) atoms. The van der Waals surface area contributed by atoms with E-state index in [1.165, 1.54) is 16.7 Å². The Hall–Kier alpha value is -3.97. The molecule has 154 valence electrons. The zero-order chi connectivity index (χ0) is 21.8. The van der Waals surface area contributed by atoms with E-state index in [0.29, 0.717) is 0 Å². The molecule has 0 aliphatic heterocycles. The number of carboxylic acids is 1. The monoisotopic (exact) mass is 410 g/mol. The molecule has 0 saturated carbocycles. The van der Waals surface area contributed by atoms with E-state index >= 15 is 0 Å². The molecule has 0 fully saturated rings. The Labute approximate surface area is 181 Å². The van der Waals surface area contributed by atoms with Gasteiger partial charge in [-0.1, -0.05) is 30.0 Å². The van der Waals surface area contributed by atoms with Gasteiger partial charge in [0.2, 0.25) is 0 Å². The summed E-state index contributed by atoms with van der Waals surface area (Å²) in [6, 6.07) is 18.7. The van der Waals surface area contributed by atoms with Gasteiger partial charge in [0, 0.05) is 17.2 Å². The summed E-state index contributed by atoms with van der Waals surface area (Å²) in [5.41, 5.74) is 6.79. The third kappa shape index (κ3) is 4.46. The average molecular weight is 410 g/mol. The molecule has 3 aromatic rings. The molecule has 0 bridgehead atoms. The van der Waals surface area contributed by atoms with Gasteiger partial charge in [-0.2, -0.15) is 0 Å². The first-order valence-corrected chi connectivity index (χ1v) is 9.96. The van der Waals surface area contributed by atoms with Crippen molar-refractivity contribution >= 4 is 11.5 Å². The van der Waals surface area contributed by atoms with Gasteiger partial charge in [-0.05, 0) is 77.6 Å². The zero-order valence-corrected chi connectivity index (χ0v) is 17.4. The lowest BCUT2D eigenvalue weighted by atomic mass is 9.94. The molecule has 4 heteroatoms. The summed E-state index contributed by atoms with van der Waals surface area (Å²) in [7, 11) is 3.30. The third-order valence-corrected chi connectivity index (χ3v) is 5.32. The summed E-state index contributed by atoms with van der Waals surface area (Å²) in [6.07, 6.45) is 3.89. The highest BCUT2D eigenvalue weighted by atomic mass is 16.5. The fourth-order valence-corrected chi connectivity index (χ4v) is 3.77. The van der Waals surface area contributed by atoms with Crippen LogP contribution < -0.4 is 9.47 Å². The number of aromatic carboxylic acids is 1. The number of allylic oxidation sites excluding steroid dienone is 2. The lowest BCUT2D eigenvalue weighted by molar-refractivity contribution is 0.0697. The molecule has 0 unspecified atom stereocenters. The van der Waals surface area contributed by atoms with E-state index in [-0.39, 0.29) is 5.56 Å². The van der Waals surface area contributed by atoms with Crippen molar-refractivity contribution in [1.82, 2.24) is 0 Å². The fraction of sp³-hybridized carbons (Fsp3) is 0.148. The Bertz CT molecular complexity index is 1200. The van der Waals surface area contributed by atoms with Gasteiger partial charge in [0.25, 0.3) is 0 Å². The van der Waals surface area contributed by atoms with E-state index in [4.69, 9.17) is 14.6 Å². The van der Waals surface area contributed by atoms with Crippen molar-refractivity contribution < 1.29 is 19.4 Å². The van der Waals surface area contributed by atoms with Crippen LogP contribution in [-0.2, 0) is 12.8 Å². The Morgan fingerprint density at radius 1 is 0.968 bits per heavy atom. The van der Waals surface area contributed by atoms with E-state index in [2.05, 4.69) is 24.0 Å². The van der Waals surface area contributed by atoms with E-state index in [1.54, 1.807) is 38.5 Å². The van der Waals surface area contributed by atoms with Crippen molar-refractivity contribution in [3.05, 3.63) is 100 Å². The van der Waals surface area contributed by atoms with E-state index < -0.39 is 5.97 Å². The Balaban J connectivity index is 1.64. The molecule has 0 radical (unpaired) electrons. The van der Waals surface area contributed by atoms with Crippen LogP contribution in [0.2, 0.25) is 0 Å². The van der Waals surface area contributed by atoms with Gasteiger partial charge in [0.1, 0.15) is 11.5 Å². The number of carbonyl (C=O) groups is 1. The molecular weight excluding hydrogens is 388 g/mol. The van der Waals surface area contributed by atoms with E-state index in [1.807, 2.05) is 30.3 Å². The van der Waals surface area contributed by atoms with Crippen LogP contribution in [-0.4, -0.2) is 25.3 Å². The number of ether oxygens (including phenoxy) is 2. The first-order valence-electron chi connectivity index (χ1n) is 9.96. The van der Waals surface area contributed by atoms with Gasteiger partial charge in [-0.25, -0.2) is 4.79 Å². The number of fused-ring (bicyclic) bond motifs is 1. The summed E-state index contributed by atoms with van der Waals surface area (Å²) in [5, 5.41) is 9.05. The predicted octanol–water partition coefficient (Wildman–Crippen LogP) is 4.98. The summed E-state index contributed by atoms with van der Waals surface area (Å²) in [6.45, 7) is 0. The minimum atomic E-state index is -0.940. The van der Waals surface area contributed by atoms with Crippen molar-refractivity contribution in [2.24, 2.45) is 0 Å². The van der Waals surface area contributed by atoms with Crippen LogP contribution in [0, 0.1) is 11.8 Å².